The van der Waals surface area contributed by atoms with E-state index in [0.29, 0.717) is 6.04 Å². The average molecular weight is 289 g/mol. The van der Waals surface area contributed by atoms with E-state index in [1.54, 1.807) is 0 Å². The normalized spacial score (nSPS) is 12.6. The van der Waals surface area contributed by atoms with Gasteiger partial charge in [-0.25, -0.2) is 4.98 Å². The Balaban J connectivity index is 1.98. The van der Waals surface area contributed by atoms with Crippen LogP contribution in [0.3, 0.4) is 0 Å². The maximum absolute atomic E-state index is 4.42. The van der Waals surface area contributed by atoms with E-state index >= 15 is 0 Å². The topological polar surface area (TPSA) is 28.2 Å². The van der Waals surface area contributed by atoms with Crippen molar-refractivity contribution >= 4 is 17.2 Å². The number of hydrogen-bond acceptors (Lipinski definition) is 4. The SMILES string of the molecule is CCNc1ncccc1CN(C)C(C)Cc1cccs1. The third-order valence-electron chi connectivity index (χ3n) is 3.48. The van der Waals surface area contributed by atoms with E-state index in [0.717, 1.165) is 25.3 Å². The molecule has 2 heterocycles. The Morgan fingerprint density at radius 1 is 1.35 bits per heavy atom. The molecule has 3 nitrogen and oxygen atoms in total. The fraction of sp³-hybridized carbons (Fsp3) is 0.438. The lowest BCUT2D eigenvalue weighted by Crippen LogP contribution is -2.30. The second kappa shape index (κ2) is 7.41. The van der Waals surface area contributed by atoms with Crippen molar-refractivity contribution in [2.45, 2.75) is 32.9 Å². The Morgan fingerprint density at radius 3 is 2.90 bits per heavy atom. The number of thiophene rings is 1. The van der Waals surface area contributed by atoms with Crippen molar-refractivity contribution in [1.82, 2.24) is 9.88 Å². The molecule has 1 atom stereocenters. The fourth-order valence-electron chi connectivity index (χ4n) is 2.19. The van der Waals surface area contributed by atoms with Crippen molar-refractivity contribution < 1.29 is 0 Å². The summed E-state index contributed by atoms with van der Waals surface area (Å²) >= 11 is 1.83. The van der Waals surface area contributed by atoms with Crippen LogP contribution in [0.1, 0.15) is 24.3 Å². The van der Waals surface area contributed by atoms with Gasteiger partial charge in [-0.3, -0.25) is 4.90 Å². The van der Waals surface area contributed by atoms with Crippen LogP contribution in [0.5, 0.6) is 0 Å². The van der Waals surface area contributed by atoms with Crippen LogP contribution in [0, 0.1) is 0 Å². The van der Waals surface area contributed by atoms with Crippen molar-refractivity contribution in [1.29, 1.82) is 0 Å². The zero-order valence-electron chi connectivity index (χ0n) is 12.5. The van der Waals surface area contributed by atoms with Crippen LogP contribution in [-0.2, 0) is 13.0 Å². The van der Waals surface area contributed by atoms with Gasteiger partial charge < -0.3 is 5.32 Å². The first kappa shape index (κ1) is 15.0. The van der Waals surface area contributed by atoms with E-state index in [1.165, 1.54) is 10.4 Å². The zero-order valence-corrected chi connectivity index (χ0v) is 13.3. The predicted molar refractivity (Wildman–Crippen MR) is 87.4 cm³/mol. The summed E-state index contributed by atoms with van der Waals surface area (Å²) in [6.07, 6.45) is 2.95. The highest BCUT2D eigenvalue weighted by atomic mass is 32.1. The molecule has 0 aliphatic rings. The number of likely N-dealkylation sites (N-methyl/N-ethyl adjacent to an activating group) is 1. The Labute approximate surface area is 125 Å². The minimum absolute atomic E-state index is 0.517. The molecule has 0 bridgehead atoms. The van der Waals surface area contributed by atoms with Crippen LogP contribution < -0.4 is 5.32 Å². The van der Waals surface area contributed by atoms with E-state index in [9.17, 15) is 0 Å². The minimum atomic E-state index is 0.517. The molecular formula is C16H23N3S. The minimum Gasteiger partial charge on any atom is -0.370 e. The third-order valence-corrected chi connectivity index (χ3v) is 4.38. The quantitative estimate of drug-likeness (QED) is 0.843. The Bertz CT molecular complexity index is 510. The molecule has 108 valence electrons. The largest absolute Gasteiger partial charge is 0.370 e. The molecule has 0 saturated heterocycles. The van der Waals surface area contributed by atoms with Crippen LogP contribution in [0.15, 0.2) is 35.8 Å². The van der Waals surface area contributed by atoms with Gasteiger partial charge in [-0.2, -0.15) is 0 Å². The van der Waals surface area contributed by atoms with Crippen LogP contribution in [0.2, 0.25) is 0 Å². The summed E-state index contributed by atoms with van der Waals surface area (Å²) in [6, 6.07) is 9.01. The first-order chi connectivity index (χ1) is 9.70. The van der Waals surface area contributed by atoms with E-state index in [1.807, 2.05) is 23.6 Å². The van der Waals surface area contributed by atoms with Crippen molar-refractivity contribution in [3.8, 4) is 0 Å². The lowest BCUT2D eigenvalue weighted by Gasteiger charge is -2.25. The molecule has 0 radical (unpaired) electrons. The van der Waals surface area contributed by atoms with Crippen LogP contribution >= 0.6 is 11.3 Å². The third kappa shape index (κ3) is 4.05. The van der Waals surface area contributed by atoms with Gasteiger partial charge >= 0.3 is 0 Å². The summed E-state index contributed by atoms with van der Waals surface area (Å²) in [6.45, 7) is 6.20. The standard InChI is InChI=1S/C16H23N3S/c1-4-17-16-14(7-5-9-18-16)12-19(3)13(2)11-15-8-6-10-20-15/h5-10,13H,4,11-12H2,1-3H3,(H,17,18). The molecule has 4 heteroatoms. The molecular weight excluding hydrogens is 266 g/mol. The predicted octanol–water partition coefficient (Wildman–Crippen LogP) is 3.64. The summed E-state index contributed by atoms with van der Waals surface area (Å²) in [5.41, 5.74) is 1.26. The average Bonchev–Trinajstić information content (AvgIpc) is 2.94. The second-order valence-electron chi connectivity index (χ2n) is 5.09. The summed E-state index contributed by atoms with van der Waals surface area (Å²) < 4.78 is 0. The number of rotatable bonds is 7. The summed E-state index contributed by atoms with van der Waals surface area (Å²) in [5.74, 6) is 1.00. The zero-order chi connectivity index (χ0) is 14.4. The van der Waals surface area contributed by atoms with Crippen molar-refractivity contribution in [3.63, 3.8) is 0 Å². The molecule has 2 aromatic rings. The highest BCUT2D eigenvalue weighted by molar-refractivity contribution is 7.09. The van der Waals surface area contributed by atoms with E-state index in [-0.39, 0.29) is 0 Å². The lowest BCUT2D eigenvalue weighted by molar-refractivity contribution is 0.249. The first-order valence-corrected chi connectivity index (χ1v) is 7.99. The molecule has 0 amide bonds. The molecule has 0 fully saturated rings. The van der Waals surface area contributed by atoms with Crippen LogP contribution in [-0.4, -0.2) is 29.5 Å². The van der Waals surface area contributed by atoms with Gasteiger partial charge in [0.05, 0.1) is 0 Å². The van der Waals surface area contributed by atoms with E-state index < -0.39 is 0 Å². The molecule has 0 saturated carbocycles. The maximum atomic E-state index is 4.42. The molecule has 1 unspecified atom stereocenters. The molecule has 0 aliphatic heterocycles. The highest BCUT2D eigenvalue weighted by Crippen LogP contribution is 2.18. The number of hydrogen-bond donors (Lipinski definition) is 1. The second-order valence-corrected chi connectivity index (χ2v) is 6.12. The Morgan fingerprint density at radius 2 is 2.20 bits per heavy atom. The Kier molecular flexibility index (Phi) is 5.56. The van der Waals surface area contributed by atoms with Gasteiger partial charge in [0, 0.05) is 35.8 Å². The molecule has 0 aromatic carbocycles. The van der Waals surface area contributed by atoms with Gasteiger partial charge in [-0.05, 0) is 44.8 Å². The van der Waals surface area contributed by atoms with Gasteiger partial charge in [-0.1, -0.05) is 12.1 Å². The molecule has 1 N–H and O–H groups in total. The number of nitrogens with one attached hydrogen (secondary N) is 1. The van der Waals surface area contributed by atoms with Gasteiger partial charge in [0.15, 0.2) is 0 Å². The van der Waals surface area contributed by atoms with Crippen molar-refractivity contribution in [2.75, 3.05) is 18.9 Å². The summed E-state index contributed by atoms with van der Waals surface area (Å²) in [4.78, 5) is 8.25. The van der Waals surface area contributed by atoms with Crippen molar-refractivity contribution in [2.24, 2.45) is 0 Å². The van der Waals surface area contributed by atoms with Gasteiger partial charge in [0.2, 0.25) is 0 Å². The van der Waals surface area contributed by atoms with E-state index in [2.05, 4.69) is 59.7 Å². The van der Waals surface area contributed by atoms with E-state index in [4.69, 9.17) is 0 Å². The maximum Gasteiger partial charge on any atom is 0.130 e. The molecule has 2 rings (SSSR count). The monoisotopic (exact) mass is 289 g/mol. The molecule has 20 heavy (non-hydrogen) atoms. The lowest BCUT2D eigenvalue weighted by atomic mass is 10.1. The summed E-state index contributed by atoms with van der Waals surface area (Å²) in [7, 11) is 2.18. The van der Waals surface area contributed by atoms with Crippen molar-refractivity contribution in [3.05, 3.63) is 46.3 Å². The number of aromatic nitrogens is 1. The summed E-state index contributed by atoms with van der Waals surface area (Å²) in [5, 5.41) is 5.48. The van der Waals surface area contributed by atoms with Gasteiger partial charge in [0.25, 0.3) is 0 Å². The first-order valence-electron chi connectivity index (χ1n) is 7.11. The molecule has 2 aromatic heterocycles. The number of nitrogens with zero attached hydrogens (tertiary/aromatic N) is 2. The van der Waals surface area contributed by atoms with Crippen LogP contribution in [0.25, 0.3) is 0 Å². The Hall–Kier alpha value is -1.39. The molecule has 0 spiro atoms. The fourth-order valence-corrected chi connectivity index (χ4v) is 3.02. The van der Waals surface area contributed by atoms with Gasteiger partial charge in [0.1, 0.15) is 5.82 Å². The highest BCUT2D eigenvalue weighted by Gasteiger charge is 2.13. The number of anilines is 1. The molecule has 0 aliphatic carbocycles. The smallest absolute Gasteiger partial charge is 0.130 e. The van der Waals surface area contributed by atoms with Crippen LogP contribution in [0.4, 0.5) is 5.82 Å². The van der Waals surface area contributed by atoms with Gasteiger partial charge in [-0.15, -0.1) is 11.3 Å². The number of pyridine rings is 1.